The fourth-order valence-electron chi connectivity index (χ4n) is 17.1. The summed E-state index contributed by atoms with van der Waals surface area (Å²) in [5.74, 6) is 9.51. The fourth-order valence-corrected chi connectivity index (χ4v) is 17.1. The molecule has 20 fully saturated rings. The first-order valence-corrected chi connectivity index (χ1v) is 27.0. The fraction of sp³-hybridized carbons (Fsp3) is 0.941. The Kier molecular flexibility index (Phi) is 13.8. The maximum Gasteiger partial charge on any atom is 0.224 e. The van der Waals surface area contributed by atoms with E-state index >= 15 is 0 Å². The molecule has 0 aromatic rings. The first-order chi connectivity index (χ1) is 31.2. The van der Waals surface area contributed by atoms with Crippen molar-refractivity contribution in [3.05, 3.63) is 0 Å². The van der Waals surface area contributed by atoms with Crippen LogP contribution in [0.2, 0.25) is 0 Å². The van der Waals surface area contributed by atoms with Gasteiger partial charge in [0.2, 0.25) is 5.91 Å². The van der Waals surface area contributed by atoms with Crippen LogP contribution in [0.4, 0.5) is 0 Å². The number of hydrogen-bond donors (Lipinski definition) is 3. The number of piperidine rings is 11. The summed E-state index contributed by atoms with van der Waals surface area (Å²) < 4.78 is 0. The average molecular weight is 884 g/mol. The van der Waals surface area contributed by atoms with Crippen molar-refractivity contribution in [2.45, 2.75) is 101 Å². The van der Waals surface area contributed by atoms with Crippen molar-refractivity contribution in [3.8, 4) is 6.07 Å². The minimum absolute atomic E-state index is 0.302. The molecule has 13 nitrogen and oxygen atoms in total. The van der Waals surface area contributed by atoms with Gasteiger partial charge in [0.1, 0.15) is 5.78 Å². The maximum absolute atomic E-state index is 11.5. The average Bonchev–Trinajstić information content (AvgIpc) is 3.77. The van der Waals surface area contributed by atoms with Crippen molar-refractivity contribution in [1.29, 1.82) is 5.26 Å². The van der Waals surface area contributed by atoms with Gasteiger partial charge in [-0.25, -0.2) is 0 Å². The van der Waals surface area contributed by atoms with Crippen molar-refractivity contribution >= 4 is 11.7 Å². The number of rotatable bonds is 5. The molecule has 356 valence electrons. The van der Waals surface area contributed by atoms with Crippen LogP contribution in [-0.2, 0) is 9.59 Å². The lowest BCUT2D eigenvalue weighted by Gasteiger charge is -2.50. The largest absolute Gasteiger partial charge is 0.352 e. The summed E-state index contributed by atoms with van der Waals surface area (Å²) in [7, 11) is 0. The number of carbonyl (C=O) groups excluding carboxylic acids is 2. The van der Waals surface area contributed by atoms with E-state index in [0.29, 0.717) is 41.9 Å². The number of fused-ring (bicyclic) bond motifs is 4. The van der Waals surface area contributed by atoms with E-state index in [9.17, 15) is 9.59 Å². The van der Waals surface area contributed by atoms with Crippen molar-refractivity contribution in [3.63, 3.8) is 0 Å². The van der Waals surface area contributed by atoms with E-state index in [-0.39, 0.29) is 0 Å². The van der Waals surface area contributed by atoms with Gasteiger partial charge in [-0.3, -0.25) is 19.4 Å². The van der Waals surface area contributed by atoms with Crippen LogP contribution in [0.15, 0.2) is 0 Å². The normalized spacial score (nSPS) is 48.8. The summed E-state index contributed by atoms with van der Waals surface area (Å²) in [4.78, 5) is 41.3. The van der Waals surface area contributed by atoms with Crippen molar-refractivity contribution in [2.75, 3.05) is 137 Å². The quantitative estimate of drug-likeness (QED) is 0.374. The predicted octanol–water partition coefficient (Wildman–Crippen LogP) is 1.94. The van der Waals surface area contributed by atoms with Crippen LogP contribution < -0.4 is 16.4 Å². The van der Waals surface area contributed by atoms with Crippen molar-refractivity contribution < 1.29 is 9.59 Å². The molecule has 0 radical (unpaired) electrons. The Morgan fingerprint density at radius 2 is 0.953 bits per heavy atom. The third-order valence-corrected chi connectivity index (χ3v) is 19.2. The molecule has 4 N–H and O–H groups in total. The van der Waals surface area contributed by atoms with Crippen LogP contribution in [0.3, 0.4) is 0 Å². The molecule has 19 saturated heterocycles. The van der Waals surface area contributed by atoms with Crippen LogP contribution in [0.1, 0.15) is 77.0 Å². The van der Waals surface area contributed by atoms with Gasteiger partial charge in [-0.05, 0) is 138 Å². The number of nitrogens with two attached hydrogens (primary N) is 1. The number of nitrogens with zero attached hydrogens (tertiary/aromatic N) is 8. The summed E-state index contributed by atoms with van der Waals surface area (Å²) in [5, 5.41) is 15.5. The van der Waals surface area contributed by atoms with Crippen LogP contribution in [0, 0.1) is 76.4 Å². The highest BCUT2D eigenvalue weighted by atomic mass is 16.2. The summed E-state index contributed by atoms with van der Waals surface area (Å²) in [5.41, 5.74) is 5.62. The van der Waals surface area contributed by atoms with Gasteiger partial charge in [-0.2, -0.15) is 5.26 Å². The summed E-state index contributed by atoms with van der Waals surface area (Å²) in [6, 6.07) is 5.18. The molecule has 18 atom stereocenters. The van der Waals surface area contributed by atoms with E-state index in [0.717, 1.165) is 111 Å². The molecule has 20 rings (SSSR count). The maximum atomic E-state index is 11.5. The second-order valence-corrected chi connectivity index (χ2v) is 24.5. The standard InChI is InChI=1S/C12H23N3.C12H19N3.C9H14N2O.C9H16N2.C9H13NO/c2*13-2-1-3-15-8-11-4-10-5-12(15)9-14(6-10)7-11;12-9-7-1-6-2-8(10-9)5-11(3-6)4-7;1-7-2-9-6-11(4-7)5-8(1)3-10-9;11-9-7-1-6-2-8(9)5-10(3-6)4-7/h10-12H,1-9,13H2;10-12H,1,3-9H2;6-8H,1-5H2,(H,10,12);7-10H,1-6H2;6-8H,1-5H2. The topological polar surface area (TPSA) is 131 Å². The van der Waals surface area contributed by atoms with E-state index in [2.05, 4.69) is 51.0 Å². The van der Waals surface area contributed by atoms with E-state index < -0.39 is 0 Å². The molecule has 0 aromatic heterocycles. The van der Waals surface area contributed by atoms with Crippen LogP contribution in [-0.4, -0.2) is 208 Å². The van der Waals surface area contributed by atoms with Crippen LogP contribution in [0.25, 0.3) is 0 Å². The molecule has 1 saturated carbocycles. The summed E-state index contributed by atoms with van der Waals surface area (Å²) in [6.07, 6.45) is 15.4. The Balaban J connectivity index is 0.0000000896. The van der Waals surface area contributed by atoms with Gasteiger partial charge in [0.15, 0.2) is 0 Å². The second kappa shape index (κ2) is 19.7. The first-order valence-electron chi connectivity index (χ1n) is 27.0. The molecule has 0 spiro atoms. The highest BCUT2D eigenvalue weighted by Gasteiger charge is 2.47. The molecule has 1 amide bonds. The minimum Gasteiger partial charge on any atom is -0.352 e. The number of nitriles is 1. The van der Waals surface area contributed by atoms with Gasteiger partial charge in [0.05, 0.1) is 12.0 Å². The predicted molar refractivity (Wildman–Crippen MR) is 250 cm³/mol. The lowest BCUT2D eigenvalue weighted by Crippen LogP contribution is -2.58. The molecule has 1 aliphatic carbocycles. The van der Waals surface area contributed by atoms with E-state index in [4.69, 9.17) is 11.0 Å². The van der Waals surface area contributed by atoms with Gasteiger partial charge < -0.3 is 40.9 Å². The number of hydrogen-bond acceptors (Lipinski definition) is 12. The number of nitrogens with one attached hydrogen (secondary N) is 2. The molecular formula is C51H85N11O2. The Morgan fingerprint density at radius 1 is 0.484 bits per heavy atom. The van der Waals surface area contributed by atoms with Crippen molar-refractivity contribution in [1.82, 2.24) is 44.9 Å². The van der Waals surface area contributed by atoms with E-state index in [1.54, 1.807) is 0 Å². The molecule has 20 bridgehead atoms. The molecular weight excluding hydrogens is 799 g/mol. The summed E-state index contributed by atoms with van der Waals surface area (Å²) >= 11 is 0. The molecule has 19 heterocycles. The highest BCUT2D eigenvalue weighted by molar-refractivity contribution is 5.85. The van der Waals surface area contributed by atoms with Gasteiger partial charge in [-0.1, -0.05) is 0 Å². The van der Waals surface area contributed by atoms with Gasteiger partial charge >= 0.3 is 0 Å². The number of Topliss-reactive ketones (excluding diaryl/α,β-unsaturated/α-hetero) is 1. The van der Waals surface area contributed by atoms with Gasteiger partial charge in [0, 0.05) is 160 Å². The van der Waals surface area contributed by atoms with Gasteiger partial charge in [-0.15, -0.1) is 0 Å². The lowest BCUT2D eigenvalue weighted by atomic mass is 9.67. The second-order valence-electron chi connectivity index (χ2n) is 24.5. The molecule has 18 unspecified atom stereocenters. The third kappa shape index (κ3) is 10.3. The van der Waals surface area contributed by atoms with E-state index in [1.807, 2.05) is 0 Å². The lowest BCUT2D eigenvalue weighted by molar-refractivity contribution is -0.142. The Morgan fingerprint density at radius 3 is 1.55 bits per heavy atom. The molecule has 20 aliphatic rings. The molecule has 0 aromatic carbocycles. The van der Waals surface area contributed by atoms with Crippen LogP contribution >= 0.6 is 0 Å². The highest BCUT2D eigenvalue weighted by Crippen LogP contribution is 2.41. The zero-order chi connectivity index (χ0) is 43.3. The zero-order valence-electron chi connectivity index (χ0n) is 39.5. The number of amides is 1. The number of ketones is 1. The Bertz CT molecular complexity index is 1570. The Labute approximate surface area is 385 Å². The zero-order valence-corrected chi connectivity index (χ0v) is 39.5. The smallest absolute Gasteiger partial charge is 0.224 e. The third-order valence-electron chi connectivity index (χ3n) is 19.2. The van der Waals surface area contributed by atoms with E-state index in [1.165, 1.54) is 162 Å². The Hall–Kier alpha value is -1.73. The monoisotopic (exact) mass is 884 g/mol. The first kappa shape index (κ1) is 44.8. The van der Waals surface area contributed by atoms with Crippen molar-refractivity contribution in [2.24, 2.45) is 70.8 Å². The molecule has 19 aliphatic heterocycles. The SMILES string of the molecule is C1NC2CC3CC1CN(C3)C2.N#CCCN1CC2CC3CC1CN(C3)C2.NCCCN1CC2CC3CC1CN(C3)C2.O=C1C2CC3CC1CN(C3)C2.O=C1NC2CC3CC1CN(C3)C2. The molecule has 13 heteroatoms. The number of carbonyl (C=O) groups is 2. The van der Waals surface area contributed by atoms with Gasteiger partial charge in [0.25, 0.3) is 0 Å². The summed E-state index contributed by atoms with van der Waals surface area (Å²) in [6.45, 7) is 25.8. The van der Waals surface area contributed by atoms with Crippen LogP contribution in [0.5, 0.6) is 0 Å². The molecule has 64 heavy (non-hydrogen) atoms. The minimum atomic E-state index is 0.302.